The molecule has 120 valence electrons. The van der Waals surface area contributed by atoms with Crippen LogP contribution in [0.5, 0.6) is 0 Å². The lowest BCUT2D eigenvalue weighted by Gasteiger charge is -2.07. The van der Waals surface area contributed by atoms with Crippen LogP contribution in [0.2, 0.25) is 0 Å². The lowest BCUT2D eigenvalue weighted by Crippen LogP contribution is -2.12. The van der Waals surface area contributed by atoms with Crippen LogP contribution in [0.1, 0.15) is 11.3 Å². The zero-order chi connectivity index (χ0) is 17.4. The molecule has 2 heterocycles. The molecule has 0 spiro atoms. The Bertz CT molecular complexity index is 1190. The van der Waals surface area contributed by atoms with Gasteiger partial charge in [0.05, 0.1) is 0 Å². The summed E-state index contributed by atoms with van der Waals surface area (Å²) >= 11 is 0. The van der Waals surface area contributed by atoms with Crippen molar-refractivity contribution in [3.8, 4) is 28.7 Å². The first kappa shape index (κ1) is 15.0. The summed E-state index contributed by atoms with van der Waals surface area (Å²) in [6.07, 6.45) is 0. The van der Waals surface area contributed by atoms with Gasteiger partial charge in [-0.2, -0.15) is 5.26 Å². The molecule has 0 saturated heterocycles. The second-order valence-corrected chi connectivity index (χ2v) is 5.88. The second-order valence-electron chi connectivity index (χ2n) is 5.88. The van der Waals surface area contributed by atoms with Gasteiger partial charge < -0.3 is 9.40 Å². The number of hydrogen-bond acceptors (Lipinski definition) is 3. The molecule has 0 bridgehead atoms. The first-order valence-electron chi connectivity index (χ1n) is 7.89. The van der Waals surface area contributed by atoms with Gasteiger partial charge in [0.2, 0.25) is 0 Å². The number of nitrogens with zero attached hydrogens (tertiary/aromatic N) is 1. The quantitative estimate of drug-likeness (QED) is 0.583. The molecule has 0 amide bonds. The fraction of sp³-hybridized carbons (Fsp3) is 0.0476. The molecule has 1 N–H and O–H groups in total. The SMILES string of the molecule is Cc1ccc(-c2cc(-c3ccc4ccccc4c3)[nH]c(=O)c2C#N)o1. The van der Waals surface area contributed by atoms with Crippen molar-refractivity contribution in [2.75, 3.05) is 0 Å². The molecule has 4 heteroatoms. The Hall–Kier alpha value is -3.58. The van der Waals surface area contributed by atoms with E-state index >= 15 is 0 Å². The number of benzene rings is 2. The van der Waals surface area contributed by atoms with Crippen molar-refractivity contribution in [1.29, 1.82) is 5.26 Å². The van der Waals surface area contributed by atoms with Crippen LogP contribution < -0.4 is 5.56 Å². The van der Waals surface area contributed by atoms with E-state index in [4.69, 9.17) is 4.42 Å². The van der Waals surface area contributed by atoms with E-state index < -0.39 is 5.56 Å². The summed E-state index contributed by atoms with van der Waals surface area (Å²) in [5.41, 5.74) is 1.67. The molecule has 0 aliphatic heterocycles. The van der Waals surface area contributed by atoms with Gasteiger partial charge in [-0.25, -0.2) is 0 Å². The average Bonchev–Trinajstić information content (AvgIpc) is 3.07. The highest BCUT2D eigenvalue weighted by Gasteiger charge is 2.15. The first-order valence-corrected chi connectivity index (χ1v) is 7.89. The van der Waals surface area contributed by atoms with Gasteiger partial charge in [-0.05, 0) is 47.5 Å². The summed E-state index contributed by atoms with van der Waals surface area (Å²) in [6, 6.07) is 21.4. The second kappa shape index (κ2) is 5.81. The van der Waals surface area contributed by atoms with Gasteiger partial charge in [0, 0.05) is 11.3 Å². The number of aromatic nitrogens is 1. The molecule has 2 aromatic carbocycles. The highest BCUT2D eigenvalue weighted by Crippen LogP contribution is 2.29. The molecule has 0 aliphatic carbocycles. The number of pyridine rings is 1. The van der Waals surface area contributed by atoms with Crippen molar-refractivity contribution < 1.29 is 4.42 Å². The molecule has 25 heavy (non-hydrogen) atoms. The number of H-pyrrole nitrogens is 1. The number of rotatable bonds is 2. The lowest BCUT2D eigenvalue weighted by molar-refractivity contribution is 0.548. The Labute approximate surface area is 144 Å². The Morgan fingerprint density at radius 1 is 1.00 bits per heavy atom. The molecule has 2 aromatic heterocycles. The third kappa shape index (κ3) is 2.62. The van der Waals surface area contributed by atoms with Crippen molar-refractivity contribution in [2.24, 2.45) is 0 Å². The molecular formula is C21H14N2O2. The van der Waals surface area contributed by atoms with Crippen LogP contribution in [-0.2, 0) is 0 Å². The lowest BCUT2D eigenvalue weighted by atomic mass is 10.0. The van der Waals surface area contributed by atoms with Gasteiger partial charge in [-0.1, -0.05) is 36.4 Å². The van der Waals surface area contributed by atoms with Crippen LogP contribution in [0.15, 0.2) is 69.9 Å². The number of aromatic amines is 1. The summed E-state index contributed by atoms with van der Waals surface area (Å²) in [6.45, 7) is 1.83. The molecule has 0 radical (unpaired) electrons. The van der Waals surface area contributed by atoms with Gasteiger partial charge in [0.1, 0.15) is 23.2 Å². The average molecular weight is 326 g/mol. The minimum absolute atomic E-state index is 0.0545. The van der Waals surface area contributed by atoms with Crippen molar-refractivity contribution in [1.82, 2.24) is 4.98 Å². The van der Waals surface area contributed by atoms with Crippen LogP contribution in [-0.4, -0.2) is 4.98 Å². The minimum atomic E-state index is -0.419. The monoisotopic (exact) mass is 326 g/mol. The molecule has 0 fully saturated rings. The van der Waals surface area contributed by atoms with Gasteiger partial charge in [-0.15, -0.1) is 0 Å². The van der Waals surface area contributed by atoms with E-state index in [-0.39, 0.29) is 5.56 Å². The maximum Gasteiger partial charge on any atom is 0.267 e. The zero-order valence-electron chi connectivity index (χ0n) is 13.5. The number of furan rings is 1. The molecular weight excluding hydrogens is 312 g/mol. The van der Waals surface area contributed by atoms with Crippen LogP contribution in [0, 0.1) is 18.3 Å². The van der Waals surface area contributed by atoms with E-state index in [1.54, 1.807) is 12.1 Å². The summed E-state index contributed by atoms with van der Waals surface area (Å²) in [4.78, 5) is 15.2. The van der Waals surface area contributed by atoms with Crippen LogP contribution in [0.3, 0.4) is 0 Å². The zero-order valence-corrected chi connectivity index (χ0v) is 13.5. The molecule has 4 nitrogen and oxygen atoms in total. The van der Waals surface area contributed by atoms with Crippen LogP contribution in [0.4, 0.5) is 0 Å². The number of hydrogen-bond donors (Lipinski definition) is 1. The fourth-order valence-electron chi connectivity index (χ4n) is 2.96. The van der Waals surface area contributed by atoms with E-state index in [9.17, 15) is 10.1 Å². The molecule has 0 aliphatic rings. The number of aryl methyl sites for hydroxylation is 1. The predicted molar refractivity (Wildman–Crippen MR) is 97.2 cm³/mol. The van der Waals surface area contributed by atoms with E-state index in [1.807, 2.05) is 61.5 Å². The summed E-state index contributed by atoms with van der Waals surface area (Å²) < 4.78 is 5.62. The normalized spacial score (nSPS) is 10.7. The number of fused-ring (bicyclic) bond motifs is 1. The highest BCUT2D eigenvalue weighted by atomic mass is 16.3. The van der Waals surface area contributed by atoms with E-state index in [1.165, 1.54) is 0 Å². The first-order chi connectivity index (χ1) is 12.2. The van der Waals surface area contributed by atoms with Crippen molar-refractivity contribution in [2.45, 2.75) is 6.92 Å². The maximum atomic E-state index is 12.4. The highest BCUT2D eigenvalue weighted by molar-refractivity contribution is 5.87. The number of nitrogens with one attached hydrogen (secondary N) is 1. The number of nitriles is 1. The summed E-state index contributed by atoms with van der Waals surface area (Å²) in [5, 5.41) is 11.6. The third-order valence-corrected chi connectivity index (χ3v) is 4.21. The Balaban J connectivity index is 1.94. The third-order valence-electron chi connectivity index (χ3n) is 4.21. The molecule has 0 saturated carbocycles. The van der Waals surface area contributed by atoms with E-state index in [0.29, 0.717) is 17.0 Å². The predicted octanol–water partition coefficient (Wildman–Crippen LogP) is 4.64. The standard InChI is InChI=1S/C21H14N2O2/c1-13-6-9-20(25-13)17-11-19(23-21(24)18(17)12-22)16-8-7-14-4-2-3-5-15(14)10-16/h2-11H,1H3,(H,23,24). The van der Waals surface area contributed by atoms with Gasteiger partial charge in [-0.3, -0.25) is 4.79 Å². The topological polar surface area (TPSA) is 69.8 Å². The molecule has 4 aromatic rings. The minimum Gasteiger partial charge on any atom is -0.461 e. The van der Waals surface area contributed by atoms with Crippen molar-refractivity contribution in [3.05, 3.63) is 82.3 Å². The van der Waals surface area contributed by atoms with Gasteiger partial charge in [0.25, 0.3) is 5.56 Å². The fourth-order valence-corrected chi connectivity index (χ4v) is 2.96. The van der Waals surface area contributed by atoms with Crippen LogP contribution in [0.25, 0.3) is 33.4 Å². The van der Waals surface area contributed by atoms with E-state index in [0.717, 1.165) is 22.1 Å². The van der Waals surface area contributed by atoms with Crippen molar-refractivity contribution >= 4 is 10.8 Å². The largest absolute Gasteiger partial charge is 0.461 e. The summed E-state index contributed by atoms with van der Waals surface area (Å²) in [5.74, 6) is 1.24. The maximum absolute atomic E-state index is 12.4. The Kier molecular flexibility index (Phi) is 3.48. The molecule has 0 unspecified atom stereocenters. The molecule has 4 rings (SSSR count). The summed E-state index contributed by atoms with van der Waals surface area (Å²) in [7, 11) is 0. The smallest absolute Gasteiger partial charge is 0.267 e. The van der Waals surface area contributed by atoms with Gasteiger partial charge >= 0.3 is 0 Å². The van der Waals surface area contributed by atoms with Crippen molar-refractivity contribution in [3.63, 3.8) is 0 Å². The Morgan fingerprint density at radius 2 is 1.80 bits per heavy atom. The Morgan fingerprint density at radius 3 is 2.52 bits per heavy atom. The van der Waals surface area contributed by atoms with Gasteiger partial charge in [0.15, 0.2) is 0 Å². The van der Waals surface area contributed by atoms with Crippen LogP contribution >= 0.6 is 0 Å². The molecule has 0 atom stereocenters. The van der Waals surface area contributed by atoms with E-state index in [2.05, 4.69) is 4.98 Å².